The molecule has 3 heteroatoms. The topological polar surface area (TPSA) is 34.1 Å². The average molecular weight is 427 g/mol. The van der Waals surface area contributed by atoms with Crippen LogP contribution >= 0.6 is 0 Å². The van der Waals surface area contributed by atoms with Crippen molar-refractivity contribution in [2.45, 2.75) is 32.0 Å². The molecule has 0 aromatic rings. The monoisotopic (exact) mass is 427 g/mol. The third-order valence-corrected chi connectivity index (χ3v) is 13.7. The molecule has 2 nitrogen and oxygen atoms in total. The third-order valence-electron chi connectivity index (χ3n) is 2.49. The van der Waals surface area contributed by atoms with Gasteiger partial charge in [-0.25, -0.2) is 0 Å². The molecular formula is C15H20O2Pt. The van der Waals surface area contributed by atoms with E-state index >= 15 is 0 Å². The van der Waals surface area contributed by atoms with Gasteiger partial charge in [-0.2, -0.15) is 0 Å². The van der Waals surface area contributed by atoms with Gasteiger partial charge in [-0.3, -0.25) is 0 Å². The molecule has 1 aliphatic carbocycles. The van der Waals surface area contributed by atoms with E-state index in [0.717, 1.165) is 10.4 Å². The number of carbonyl (C=O) groups excluding carboxylic acids is 2. The summed E-state index contributed by atoms with van der Waals surface area (Å²) in [5.74, 6) is 0. The van der Waals surface area contributed by atoms with E-state index in [1.165, 1.54) is 0 Å². The second-order valence-corrected chi connectivity index (χ2v) is 13.3. The van der Waals surface area contributed by atoms with Crippen LogP contribution in [-0.2, 0) is 25.6 Å². The number of allylic oxidation sites excluding steroid dienone is 6. The Morgan fingerprint density at radius 2 is 1.72 bits per heavy atom. The SMILES string of the molecule is C=C(C)[C](=O)[Pt]([CH2]C)([C](=O)C(=C)C)[C]1=CC=CC1. The fourth-order valence-corrected chi connectivity index (χ4v) is 11.2. The molecule has 0 N–H and O–H groups in total. The second kappa shape index (κ2) is 5.75. The summed E-state index contributed by atoms with van der Waals surface area (Å²) in [6.07, 6.45) is 6.60. The third kappa shape index (κ3) is 2.40. The van der Waals surface area contributed by atoms with Crippen molar-refractivity contribution in [3.8, 4) is 0 Å². The van der Waals surface area contributed by atoms with Crippen LogP contribution in [0.5, 0.6) is 0 Å². The molecule has 0 saturated heterocycles. The zero-order chi connectivity index (χ0) is 13.9. The number of hydrogen-bond donors (Lipinski definition) is 0. The Bertz CT molecular complexity index is 449. The van der Waals surface area contributed by atoms with Gasteiger partial charge in [-0.05, 0) is 0 Å². The van der Waals surface area contributed by atoms with Crippen molar-refractivity contribution in [2.24, 2.45) is 0 Å². The minimum atomic E-state index is -3.37. The summed E-state index contributed by atoms with van der Waals surface area (Å²) in [6, 6.07) is 0. The summed E-state index contributed by atoms with van der Waals surface area (Å²) >= 11 is -3.37. The van der Waals surface area contributed by atoms with E-state index in [9.17, 15) is 9.59 Å². The first-order valence-corrected chi connectivity index (χ1v) is 10.8. The zero-order valence-electron chi connectivity index (χ0n) is 11.2. The molecule has 0 heterocycles. The van der Waals surface area contributed by atoms with Crippen molar-refractivity contribution >= 4 is 8.35 Å². The van der Waals surface area contributed by atoms with Crippen LogP contribution in [0.1, 0.15) is 27.2 Å². The fraction of sp³-hybridized carbons (Fsp3) is 0.333. The van der Waals surface area contributed by atoms with Gasteiger partial charge in [-0.15, -0.1) is 0 Å². The predicted molar refractivity (Wildman–Crippen MR) is 72.0 cm³/mol. The van der Waals surface area contributed by atoms with Gasteiger partial charge in [0.05, 0.1) is 0 Å². The van der Waals surface area contributed by atoms with Crippen LogP contribution in [0.4, 0.5) is 0 Å². The van der Waals surface area contributed by atoms with Gasteiger partial charge in [0.1, 0.15) is 0 Å². The summed E-state index contributed by atoms with van der Waals surface area (Å²) in [5, 5.41) is 0. The summed E-state index contributed by atoms with van der Waals surface area (Å²) in [6.45, 7) is 12.8. The minimum absolute atomic E-state index is 0.00653. The van der Waals surface area contributed by atoms with Gasteiger partial charge >= 0.3 is 112 Å². The van der Waals surface area contributed by atoms with Crippen LogP contribution < -0.4 is 0 Å². The molecule has 0 aliphatic heterocycles. The standard InChI is InChI=1S/C5H5.2C4H5O.C2H5.Pt/c1-2-4-5-3-1;2*1-4(2)3-5;1-2;/h1-3H,4H2;2*1H2,2H3;1H2,2H3;. The van der Waals surface area contributed by atoms with Gasteiger partial charge in [0.25, 0.3) is 0 Å². The van der Waals surface area contributed by atoms with Crippen molar-refractivity contribution in [2.75, 3.05) is 0 Å². The van der Waals surface area contributed by atoms with Gasteiger partial charge in [0.15, 0.2) is 0 Å². The molecule has 0 radical (unpaired) electrons. The first-order chi connectivity index (χ1) is 8.37. The molecule has 102 valence electrons. The number of hydrogen-bond acceptors (Lipinski definition) is 2. The molecule has 0 amide bonds. The molecule has 0 aromatic carbocycles. The molecule has 18 heavy (non-hydrogen) atoms. The van der Waals surface area contributed by atoms with Crippen molar-refractivity contribution in [1.82, 2.24) is 0 Å². The summed E-state index contributed by atoms with van der Waals surface area (Å²) < 4.78 is 1.02. The Labute approximate surface area is 112 Å². The van der Waals surface area contributed by atoms with Crippen LogP contribution in [0, 0.1) is 0 Å². The fourth-order valence-electron chi connectivity index (χ4n) is 1.67. The van der Waals surface area contributed by atoms with E-state index in [-0.39, 0.29) is 8.35 Å². The first-order valence-electron chi connectivity index (χ1n) is 5.74. The van der Waals surface area contributed by atoms with E-state index in [2.05, 4.69) is 13.2 Å². The molecule has 0 saturated carbocycles. The van der Waals surface area contributed by atoms with Crippen LogP contribution in [0.15, 0.2) is 46.5 Å². The molecule has 0 unspecified atom stereocenters. The van der Waals surface area contributed by atoms with Crippen molar-refractivity contribution in [3.05, 3.63) is 46.5 Å². The summed E-state index contributed by atoms with van der Waals surface area (Å²) in [5.41, 5.74) is 0.992. The van der Waals surface area contributed by atoms with Crippen molar-refractivity contribution < 1.29 is 25.6 Å². The maximum absolute atomic E-state index is 12.6. The van der Waals surface area contributed by atoms with Crippen LogP contribution in [0.3, 0.4) is 0 Å². The molecule has 0 aromatic heterocycles. The Morgan fingerprint density at radius 1 is 1.22 bits per heavy atom. The second-order valence-electron chi connectivity index (χ2n) is 4.05. The van der Waals surface area contributed by atoms with Gasteiger partial charge in [0, 0.05) is 0 Å². The average Bonchev–Trinajstić information content (AvgIpc) is 2.84. The molecule has 1 rings (SSSR count). The van der Waals surface area contributed by atoms with E-state index in [1.807, 2.05) is 25.2 Å². The first kappa shape index (κ1) is 15.0. The zero-order valence-corrected chi connectivity index (χ0v) is 13.5. The maximum atomic E-state index is 12.6. The molecular weight excluding hydrogens is 407 g/mol. The Kier molecular flexibility index (Phi) is 4.81. The van der Waals surface area contributed by atoms with Gasteiger partial charge in [-0.1, -0.05) is 0 Å². The summed E-state index contributed by atoms with van der Waals surface area (Å²) in [7, 11) is 0. The number of rotatable bonds is 6. The Morgan fingerprint density at radius 3 is 2.00 bits per heavy atom. The van der Waals surface area contributed by atoms with E-state index < -0.39 is 16.1 Å². The Hall–Kier alpha value is -1.01. The molecule has 0 fully saturated rings. The normalized spacial score (nSPS) is 15.2. The van der Waals surface area contributed by atoms with Crippen molar-refractivity contribution in [1.29, 1.82) is 0 Å². The molecule has 0 spiro atoms. The summed E-state index contributed by atoms with van der Waals surface area (Å²) in [4.78, 5) is 25.8. The molecule has 0 atom stereocenters. The predicted octanol–water partition coefficient (Wildman–Crippen LogP) is 3.63. The van der Waals surface area contributed by atoms with Gasteiger partial charge < -0.3 is 0 Å². The Balaban J connectivity index is 3.39. The quantitative estimate of drug-likeness (QED) is 0.607. The van der Waals surface area contributed by atoms with Crippen molar-refractivity contribution in [3.63, 3.8) is 0 Å². The van der Waals surface area contributed by atoms with Crippen LogP contribution in [0.2, 0.25) is 4.81 Å². The van der Waals surface area contributed by atoms with Crippen LogP contribution in [-0.4, -0.2) is 8.35 Å². The van der Waals surface area contributed by atoms with Crippen LogP contribution in [0.25, 0.3) is 0 Å². The van der Waals surface area contributed by atoms with E-state index in [0.29, 0.717) is 16.0 Å². The van der Waals surface area contributed by atoms with E-state index in [4.69, 9.17) is 0 Å². The molecule has 1 aliphatic rings. The number of carbonyl (C=O) groups is 2. The van der Waals surface area contributed by atoms with E-state index in [1.54, 1.807) is 13.8 Å². The van der Waals surface area contributed by atoms with Gasteiger partial charge in [0.2, 0.25) is 0 Å². The molecule has 0 bridgehead atoms.